The molecular weight excluding hydrogens is 242 g/mol. The molecule has 17 heavy (non-hydrogen) atoms. The summed E-state index contributed by atoms with van der Waals surface area (Å²) in [7, 11) is 1.57. The summed E-state index contributed by atoms with van der Waals surface area (Å²) in [6.07, 6.45) is 0.176. The van der Waals surface area contributed by atoms with Crippen LogP contribution in [0.3, 0.4) is 0 Å². The molecule has 1 amide bonds. The number of hydrogen-bond acceptors (Lipinski definition) is 2. The number of carboxylic acid groups (broad SMARTS) is 1. The molecule has 0 saturated carbocycles. The smallest absolute Gasteiger partial charge is 0.404 e. The number of methoxy groups -OCH3 is 1. The Morgan fingerprint density at radius 2 is 2.35 bits per heavy atom. The maximum atomic E-state index is 10.7. The molecule has 0 fully saturated rings. The molecule has 0 spiro atoms. The van der Waals surface area contributed by atoms with Crippen molar-refractivity contribution in [2.45, 2.75) is 25.0 Å². The number of amides is 1. The lowest BCUT2D eigenvalue weighted by molar-refractivity contribution is 0.0581. The zero-order valence-corrected chi connectivity index (χ0v) is 10.2. The Hall–Kier alpha value is -1.26. The minimum Gasteiger partial charge on any atom is -0.465 e. The first-order valence-electron chi connectivity index (χ1n) is 5.43. The van der Waals surface area contributed by atoms with E-state index >= 15 is 0 Å². The van der Waals surface area contributed by atoms with Crippen LogP contribution in [0.2, 0.25) is 5.02 Å². The fourth-order valence-corrected chi connectivity index (χ4v) is 2.67. The summed E-state index contributed by atoms with van der Waals surface area (Å²) in [5.41, 5.74) is 2.04. The molecule has 2 atom stereocenters. The Morgan fingerprint density at radius 1 is 1.59 bits per heavy atom. The van der Waals surface area contributed by atoms with Gasteiger partial charge in [0, 0.05) is 17.7 Å². The lowest BCUT2D eigenvalue weighted by atomic mass is 9.85. The van der Waals surface area contributed by atoms with Crippen molar-refractivity contribution in [3.8, 4) is 0 Å². The molecule has 5 heteroatoms. The molecule has 0 aliphatic heterocycles. The van der Waals surface area contributed by atoms with E-state index in [1.165, 1.54) is 0 Å². The highest BCUT2D eigenvalue weighted by Crippen LogP contribution is 2.36. The average molecular weight is 256 g/mol. The molecule has 4 nitrogen and oxygen atoms in total. The molecule has 1 aliphatic carbocycles. The average Bonchev–Trinajstić information content (AvgIpc) is 2.29. The largest absolute Gasteiger partial charge is 0.465 e. The molecule has 0 bridgehead atoms. The number of benzene rings is 1. The second-order valence-electron chi connectivity index (χ2n) is 4.06. The van der Waals surface area contributed by atoms with Crippen molar-refractivity contribution in [2.75, 3.05) is 7.11 Å². The molecule has 92 valence electrons. The number of halogens is 1. The molecule has 2 N–H and O–H groups in total. The number of hydrogen-bond donors (Lipinski definition) is 2. The van der Waals surface area contributed by atoms with Gasteiger partial charge in [0.15, 0.2) is 0 Å². The normalized spacial score (nSPS) is 22.9. The minimum absolute atomic E-state index is 0.245. The summed E-state index contributed by atoms with van der Waals surface area (Å²) in [5.74, 6) is 0. The molecule has 1 aliphatic rings. The molecule has 0 aromatic heterocycles. The van der Waals surface area contributed by atoms with Crippen LogP contribution in [0, 0.1) is 0 Å². The van der Waals surface area contributed by atoms with Crippen LogP contribution in [0.15, 0.2) is 18.2 Å². The third kappa shape index (κ3) is 2.37. The highest BCUT2D eigenvalue weighted by atomic mass is 35.5. The maximum Gasteiger partial charge on any atom is 0.404 e. The monoisotopic (exact) mass is 255 g/mol. The van der Waals surface area contributed by atoms with Crippen molar-refractivity contribution >= 4 is 17.7 Å². The van der Waals surface area contributed by atoms with Gasteiger partial charge >= 0.3 is 6.09 Å². The number of fused-ring (bicyclic) bond motifs is 1. The van der Waals surface area contributed by atoms with Crippen molar-refractivity contribution in [2.24, 2.45) is 0 Å². The number of aryl methyl sites for hydroxylation is 1. The van der Waals surface area contributed by atoms with Crippen molar-refractivity contribution in [1.29, 1.82) is 0 Å². The summed E-state index contributed by atoms with van der Waals surface area (Å²) >= 11 is 6.16. The summed E-state index contributed by atoms with van der Waals surface area (Å²) in [4.78, 5) is 10.7. The summed E-state index contributed by atoms with van der Waals surface area (Å²) in [6, 6.07) is 5.46. The minimum atomic E-state index is -1.03. The SMILES string of the molecule is CO[C@H]1c2c(Cl)cccc2CC[C@H]1NC(=O)O. The van der Waals surface area contributed by atoms with Gasteiger partial charge < -0.3 is 15.2 Å². The fraction of sp³-hybridized carbons (Fsp3) is 0.417. The van der Waals surface area contributed by atoms with E-state index in [-0.39, 0.29) is 12.1 Å². The number of ether oxygens (including phenoxy) is 1. The van der Waals surface area contributed by atoms with E-state index in [1.807, 2.05) is 12.1 Å². The van der Waals surface area contributed by atoms with Gasteiger partial charge in [-0.05, 0) is 24.5 Å². The van der Waals surface area contributed by atoms with Gasteiger partial charge in [0.25, 0.3) is 0 Å². The molecule has 0 saturated heterocycles. The van der Waals surface area contributed by atoms with Crippen molar-refractivity contribution < 1.29 is 14.6 Å². The van der Waals surface area contributed by atoms with E-state index in [9.17, 15) is 4.79 Å². The Bertz CT molecular complexity index is 436. The predicted molar refractivity (Wildman–Crippen MR) is 64.5 cm³/mol. The van der Waals surface area contributed by atoms with E-state index in [0.717, 1.165) is 24.0 Å². The first-order chi connectivity index (χ1) is 8.13. The molecular formula is C12H14ClNO3. The first kappa shape index (κ1) is 12.2. The van der Waals surface area contributed by atoms with Crippen molar-refractivity contribution in [3.05, 3.63) is 34.3 Å². The van der Waals surface area contributed by atoms with Gasteiger partial charge in [-0.1, -0.05) is 23.7 Å². The van der Waals surface area contributed by atoms with Crippen LogP contribution < -0.4 is 5.32 Å². The Kier molecular flexibility index (Phi) is 3.54. The highest BCUT2D eigenvalue weighted by molar-refractivity contribution is 6.31. The van der Waals surface area contributed by atoms with Gasteiger partial charge in [-0.15, -0.1) is 0 Å². The van der Waals surface area contributed by atoms with E-state index in [4.69, 9.17) is 21.4 Å². The maximum absolute atomic E-state index is 10.7. The Labute approximate surface area is 105 Å². The van der Waals surface area contributed by atoms with Crippen molar-refractivity contribution in [3.63, 3.8) is 0 Å². The van der Waals surface area contributed by atoms with Crippen LogP contribution in [-0.2, 0) is 11.2 Å². The third-order valence-electron chi connectivity index (χ3n) is 3.08. The van der Waals surface area contributed by atoms with Crippen LogP contribution in [-0.4, -0.2) is 24.4 Å². The van der Waals surface area contributed by atoms with Gasteiger partial charge in [0.05, 0.1) is 6.04 Å². The highest BCUT2D eigenvalue weighted by Gasteiger charge is 2.32. The summed E-state index contributed by atoms with van der Waals surface area (Å²) in [5, 5.41) is 11.9. The molecule has 1 aromatic carbocycles. The van der Waals surface area contributed by atoms with Crippen LogP contribution in [0.5, 0.6) is 0 Å². The number of nitrogens with one attached hydrogen (secondary N) is 1. The lowest BCUT2D eigenvalue weighted by Gasteiger charge is -2.33. The van der Waals surface area contributed by atoms with E-state index in [2.05, 4.69) is 5.32 Å². The standard InChI is InChI=1S/C12H14ClNO3/c1-17-11-9(14-12(15)16)6-5-7-3-2-4-8(13)10(7)11/h2-4,9,11,14H,5-6H2,1H3,(H,15,16)/t9-,11-/m1/s1. The molecule has 0 unspecified atom stereocenters. The van der Waals surface area contributed by atoms with Gasteiger partial charge in [0.1, 0.15) is 6.10 Å². The lowest BCUT2D eigenvalue weighted by Crippen LogP contribution is -2.42. The Balaban J connectivity index is 2.35. The van der Waals surface area contributed by atoms with Gasteiger partial charge in [0.2, 0.25) is 0 Å². The molecule has 2 rings (SSSR count). The van der Waals surface area contributed by atoms with E-state index < -0.39 is 6.09 Å². The third-order valence-corrected chi connectivity index (χ3v) is 3.41. The van der Waals surface area contributed by atoms with Crippen LogP contribution in [0.25, 0.3) is 0 Å². The quantitative estimate of drug-likeness (QED) is 0.854. The molecule has 0 radical (unpaired) electrons. The summed E-state index contributed by atoms with van der Waals surface area (Å²) in [6.45, 7) is 0. The van der Waals surface area contributed by atoms with E-state index in [0.29, 0.717) is 5.02 Å². The van der Waals surface area contributed by atoms with Crippen LogP contribution in [0.4, 0.5) is 4.79 Å². The van der Waals surface area contributed by atoms with Crippen molar-refractivity contribution in [1.82, 2.24) is 5.32 Å². The predicted octanol–water partition coefficient (Wildman–Crippen LogP) is 2.61. The number of rotatable bonds is 2. The first-order valence-corrected chi connectivity index (χ1v) is 5.81. The molecule has 0 heterocycles. The molecule has 1 aromatic rings. The second-order valence-corrected chi connectivity index (χ2v) is 4.47. The van der Waals surface area contributed by atoms with Gasteiger partial charge in [-0.25, -0.2) is 4.79 Å². The topological polar surface area (TPSA) is 58.6 Å². The van der Waals surface area contributed by atoms with Crippen LogP contribution in [0.1, 0.15) is 23.7 Å². The fourth-order valence-electron chi connectivity index (χ4n) is 2.37. The second kappa shape index (κ2) is 4.94. The van der Waals surface area contributed by atoms with Crippen LogP contribution >= 0.6 is 11.6 Å². The summed E-state index contributed by atoms with van der Waals surface area (Å²) < 4.78 is 5.40. The number of carbonyl (C=O) groups is 1. The van der Waals surface area contributed by atoms with E-state index in [1.54, 1.807) is 13.2 Å². The zero-order chi connectivity index (χ0) is 12.4. The Morgan fingerprint density at radius 3 is 3.00 bits per heavy atom. The van der Waals surface area contributed by atoms with Gasteiger partial charge in [-0.2, -0.15) is 0 Å². The zero-order valence-electron chi connectivity index (χ0n) is 9.44. The van der Waals surface area contributed by atoms with Gasteiger partial charge in [-0.3, -0.25) is 0 Å².